The summed E-state index contributed by atoms with van der Waals surface area (Å²) in [5.41, 5.74) is 0.334. The minimum Gasteiger partial charge on any atom is -0.454 e. The lowest BCUT2D eigenvalue weighted by molar-refractivity contribution is -0.136. The Hall–Kier alpha value is -2.44. The van der Waals surface area contributed by atoms with Gasteiger partial charge >= 0.3 is 6.09 Å². The first-order chi connectivity index (χ1) is 11.1. The van der Waals surface area contributed by atoms with Gasteiger partial charge in [0.25, 0.3) is 0 Å². The minimum absolute atomic E-state index is 0.0332. The van der Waals surface area contributed by atoms with Gasteiger partial charge in [-0.05, 0) is 30.5 Å². The van der Waals surface area contributed by atoms with E-state index in [1.54, 1.807) is 4.90 Å². The summed E-state index contributed by atoms with van der Waals surface area (Å²) in [5, 5.41) is 2.69. The smallest absolute Gasteiger partial charge is 0.407 e. The van der Waals surface area contributed by atoms with Gasteiger partial charge in [0.1, 0.15) is 5.60 Å². The molecule has 122 valence electrons. The van der Waals surface area contributed by atoms with Crippen molar-refractivity contribution in [3.8, 4) is 11.5 Å². The number of likely N-dealkylation sites (tertiary alicyclic amines) is 1. The van der Waals surface area contributed by atoms with E-state index in [1.807, 2.05) is 18.2 Å². The lowest BCUT2D eigenvalue weighted by Gasteiger charge is -2.38. The molecule has 7 heteroatoms. The van der Waals surface area contributed by atoms with E-state index >= 15 is 0 Å². The van der Waals surface area contributed by atoms with Crippen molar-refractivity contribution in [1.29, 1.82) is 0 Å². The molecule has 1 unspecified atom stereocenters. The second kappa shape index (κ2) is 5.33. The summed E-state index contributed by atoms with van der Waals surface area (Å²) in [4.78, 5) is 25.7. The molecule has 0 radical (unpaired) electrons. The van der Waals surface area contributed by atoms with Crippen molar-refractivity contribution in [2.24, 2.45) is 0 Å². The fourth-order valence-corrected chi connectivity index (χ4v) is 3.38. The highest BCUT2D eigenvalue weighted by Crippen LogP contribution is 2.33. The van der Waals surface area contributed by atoms with Crippen LogP contribution in [-0.2, 0) is 16.0 Å². The van der Waals surface area contributed by atoms with Crippen LogP contribution < -0.4 is 14.8 Å². The standard InChI is InChI=1S/C16H18N2O5/c19-14(7-11-2-3-12-13(6-11)22-10-21-12)18-5-1-4-16(9-18)8-17-15(20)23-16/h2-3,6H,1,4-5,7-10H2,(H,17,20). The summed E-state index contributed by atoms with van der Waals surface area (Å²) in [7, 11) is 0. The number of ether oxygens (including phenoxy) is 3. The molecule has 0 aliphatic carbocycles. The average Bonchev–Trinajstić information content (AvgIpc) is 3.14. The summed E-state index contributed by atoms with van der Waals surface area (Å²) in [6.45, 7) is 1.84. The van der Waals surface area contributed by atoms with E-state index in [0.29, 0.717) is 37.6 Å². The lowest BCUT2D eigenvalue weighted by atomic mass is 9.92. The molecule has 0 aromatic heterocycles. The summed E-state index contributed by atoms with van der Waals surface area (Å²) < 4.78 is 16.0. The van der Waals surface area contributed by atoms with Gasteiger partial charge in [-0.2, -0.15) is 0 Å². The molecule has 2 fully saturated rings. The molecular formula is C16H18N2O5. The fraction of sp³-hybridized carbons (Fsp3) is 0.500. The maximum absolute atomic E-state index is 12.6. The first-order valence-corrected chi connectivity index (χ1v) is 7.77. The van der Waals surface area contributed by atoms with Crippen molar-refractivity contribution in [3.63, 3.8) is 0 Å². The topological polar surface area (TPSA) is 77.1 Å². The van der Waals surface area contributed by atoms with E-state index in [2.05, 4.69) is 5.32 Å². The van der Waals surface area contributed by atoms with E-state index < -0.39 is 11.7 Å². The van der Waals surface area contributed by atoms with Crippen LogP contribution in [0.15, 0.2) is 18.2 Å². The molecule has 1 N–H and O–H groups in total. The molecule has 3 aliphatic heterocycles. The Bertz CT molecular complexity index is 662. The second-order valence-electron chi connectivity index (χ2n) is 6.21. The first kappa shape index (κ1) is 14.2. The van der Waals surface area contributed by atoms with E-state index in [0.717, 1.165) is 18.4 Å². The highest BCUT2D eigenvalue weighted by atomic mass is 16.7. The molecule has 2 amide bonds. The highest BCUT2D eigenvalue weighted by molar-refractivity contribution is 5.79. The molecule has 4 rings (SSSR count). The van der Waals surface area contributed by atoms with Crippen LogP contribution in [0.1, 0.15) is 18.4 Å². The number of nitrogens with zero attached hydrogens (tertiary/aromatic N) is 1. The minimum atomic E-state index is -0.556. The number of nitrogens with one attached hydrogen (secondary N) is 1. The number of carbonyl (C=O) groups is 2. The third-order valence-electron chi connectivity index (χ3n) is 4.55. The largest absolute Gasteiger partial charge is 0.454 e. The average molecular weight is 318 g/mol. The Morgan fingerprint density at radius 2 is 2.17 bits per heavy atom. The number of hydrogen-bond acceptors (Lipinski definition) is 5. The normalized spacial score (nSPS) is 25.4. The van der Waals surface area contributed by atoms with Crippen molar-refractivity contribution in [3.05, 3.63) is 23.8 Å². The van der Waals surface area contributed by atoms with Gasteiger partial charge in [0.05, 0.1) is 19.5 Å². The van der Waals surface area contributed by atoms with E-state index in [-0.39, 0.29) is 12.7 Å². The third-order valence-corrected chi connectivity index (χ3v) is 4.55. The van der Waals surface area contributed by atoms with Crippen LogP contribution in [0.4, 0.5) is 4.79 Å². The summed E-state index contributed by atoms with van der Waals surface area (Å²) in [6.07, 6.45) is 1.53. The predicted molar refractivity (Wildman–Crippen MR) is 79.3 cm³/mol. The molecule has 2 saturated heterocycles. The number of rotatable bonds is 2. The zero-order chi connectivity index (χ0) is 15.9. The van der Waals surface area contributed by atoms with Gasteiger partial charge in [-0.15, -0.1) is 0 Å². The van der Waals surface area contributed by atoms with Crippen molar-refractivity contribution in [2.75, 3.05) is 26.4 Å². The van der Waals surface area contributed by atoms with Gasteiger partial charge in [0.2, 0.25) is 12.7 Å². The molecule has 0 bridgehead atoms. The quantitative estimate of drug-likeness (QED) is 0.882. The van der Waals surface area contributed by atoms with Crippen molar-refractivity contribution in [1.82, 2.24) is 10.2 Å². The van der Waals surface area contributed by atoms with Gasteiger partial charge in [0, 0.05) is 6.54 Å². The zero-order valence-electron chi connectivity index (χ0n) is 12.7. The summed E-state index contributed by atoms with van der Waals surface area (Å²) in [6, 6.07) is 5.55. The van der Waals surface area contributed by atoms with Gasteiger partial charge < -0.3 is 24.4 Å². The number of piperidine rings is 1. The first-order valence-electron chi connectivity index (χ1n) is 7.77. The molecule has 1 spiro atoms. The van der Waals surface area contributed by atoms with Crippen molar-refractivity contribution in [2.45, 2.75) is 24.9 Å². The molecule has 7 nitrogen and oxygen atoms in total. The van der Waals surface area contributed by atoms with Gasteiger partial charge in [-0.3, -0.25) is 4.79 Å². The highest BCUT2D eigenvalue weighted by Gasteiger charge is 2.44. The van der Waals surface area contributed by atoms with Crippen LogP contribution in [0.3, 0.4) is 0 Å². The number of fused-ring (bicyclic) bond motifs is 1. The summed E-state index contributed by atoms with van der Waals surface area (Å²) in [5.74, 6) is 1.42. The number of carbonyl (C=O) groups excluding carboxylic acids is 2. The van der Waals surface area contributed by atoms with E-state index in [9.17, 15) is 9.59 Å². The molecule has 1 aromatic rings. The van der Waals surface area contributed by atoms with E-state index in [4.69, 9.17) is 14.2 Å². The fourth-order valence-electron chi connectivity index (χ4n) is 3.38. The molecular weight excluding hydrogens is 300 g/mol. The van der Waals surface area contributed by atoms with Crippen LogP contribution >= 0.6 is 0 Å². The van der Waals surface area contributed by atoms with Crippen LogP contribution in [0, 0.1) is 0 Å². The molecule has 1 aromatic carbocycles. The third kappa shape index (κ3) is 2.67. The summed E-state index contributed by atoms with van der Waals surface area (Å²) >= 11 is 0. The number of amides is 2. The zero-order valence-corrected chi connectivity index (χ0v) is 12.7. The second-order valence-corrected chi connectivity index (χ2v) is 6.21. The Morgan fingerprint density at radius 1 is 1.30 bits per heavy atom. The molecule has 3 aliphatic rings. The van der Waals surface area contributed by atoms with Crippen molar-refractivity contribution >= 4 is 12.0 Å². The number of alkyl carbamates (subject to hydrolysis) is 1. The molecule has 3 heterocycles. The maximum Gasteiger partial charge on any atom is 0.407 e. The van der Waals surface area contributed by atoms with Crippen LogP contribution in [0.5, 0.6) is 11.5 Å². The SMILES string of the molecule is O=C1NCC2(CCCN(C(=O)Cc3ccc4c(c3)OCO4)C2)O1. The monoisotopic (exact) mass is 318 g/mol. The Kier molecular flexibility index (Phi) is 3.28. The number of hydrogen-bond donors (Lipinski definition) is 1. The van der Waals surface area contributed by atoms with Gasteiger partial charge in [-0.25, -0.2) is 4.79 Å². The van der Waals surface area contributed by atoms with Crippen LogP contribution in [0.2, 0.25) is 0 Å². The van der Waals surface area contributed by atoms with Crippen LogP contribution in [-0.4, -0.2) is 48.9 Å². The number of benzene rings is 1. The maximum atomic E-state index is 12.6. The Morgan fingerprint density at radius 3 is 3.00 bits per heavy atom. The predicted octanol–water partition coefficient (Wildman–Crippen LogP) is 1.06. The molecule has 0 saturated carbocycles. The molecule has 1 atom stereocenters. The van der Waals surface area contributed by atoms with Crippen molar-refractivity contribution < 1.29 is 23.8 Å². The van der Waals surface area contributed by atoms with Gasteiger partial charge in [-0.1, -0.05) is 6.07 Å². The van der Waals surface area contributed by atoms with Gasteiger partial charge in [0.15, 0.2) is 11.5 Å². The Labute approximate surface area is 133 Å². The van der Waals surface area contributed by atoms with E-state index in [1.165, 1.54) is 0 Å². The lowest BCUT2D eigenvalue weighted by Crippen LogP contribution is -2.52. The Balaban J connectivity index is 1.43. The molecule has 23 heavy (non-hydrogen) atoms. The van der Waals surface area contributed by atoms with Crippen LogP contribution in [0.25, 0.3) is 0 Å².